The van der Waals surface area contributed by atoms with Crippen LogP contribution in [0.5, 0.6) is 0 Å². The van der Waals surface area contributed by atoms with Gasteiger partial charge in [0.15, 0.2) is 0 Å². The highest BCUT2D eigenvalue weighted by Crippen LogP contribution is 2.21. The SMILES string of the molecule is CC1CN(Cc2cc(F)ccc2N)CCS1. The molecule has 88 valence electrons. The number of anilines is 1. The second kappa shape index (κ2) is 5.06. The highest BCUT2D eigenvalue weighted by atomic mass is 32.2. The summed E-state index contributed by atoms with van der Waals surface area (Å²) in [5, 5.41) is 0.656. The van der Waals surface area contributed by atoms with Crippen molar-refractivity contribution in [1.29, 1.82) is 0 Å². The van der Waals surface area contributed by atoms with Crippen LogP contribution in [0.1, 0.15) is 12.5 Å². The van der Waals surface area contributed by atoms with Crippen molar-refractivity contribution in [2.24, 2.45) is 0 Å². The van der Waals surface area contributed by atoms with E-state index in [9.17, 15) is 4.39 Å². The molecule has 1 aliphatic heterocycles. The van der Waals surface area contributed by atoms with Crippen LogP contribution in [-0.4, -0.2) is 29.0 Å². The van der Waals surface area contributed by atoms with Crippen LogP contribution < -0.4 is 5.73 Å². The van der Waals surface area contributed by atoms with E-state index in [0.29, 0.717) is 10.9 Å². The minimum absolute atomic E-state index is 0.205. The second-order valence-corrected chi connectivity index (χ2v) is 5.81. The lowest BCUT2D eigenvalue weighted by Crippen LogP contribution is -2.36. The molecule has 0 saturated carbocycles. The Morgan fingerprint density at radius 3 is 3.12 bits per heavy atom. The number of benzene rings is 1. The summed E-state index contributed by atoms with van der Waals surface area (Å²) >= 11 is 1.99. The molecule has 1 aromatic rings. The average Bonchev–Trinajstić information content (AvgIpc) is 2.24. The van der Waals surface area contributed by atoms with Crippen molar-refractivity contribution in [2.45, 2.75) is 18.7 Å². The number of hydrogen-bond acceptors (Lipinski definition) is 3. The van der Waals surface area contributed by atoms with Crippen molar-refractivity contribution in [3.05, 3.63) is 29.6 Å². The van der Waals surface area contributed by atoms with Crippen molar-refractivity contribution in [3.63, 3.8) is 0 Å². The number of nitrogen functional groups attached to an aromatic ring is 1. The van der Waals surface area contributed by atoms with E-state index in [1.165, 1.54) is 6.07 Å². The molecule has 0 radical (unpaired) electrons. The predicted molar refractivity (Wildman–Crippen MR) is 68.0 cm³/mol. The number of rotatable bonds is 2. The maximum absolute atomic E-state index is 13.1. The third-order valence-electron chi connectivity index (χ3n) is 2.82. The molecule has 2 nitrogen and oxygen atoms in total. The van der Waals surface area contributed by atoms with Gasteiger partial charge in [0.1, 0.15) is 5.82 Å². The number of halogens is 1. The number of nitrogens with two attached hydrogens (primary N) is 1. The lowest BCUT2D eigenvalue weighted by atomic mass is 10.1. The number of nitrogens with zero attached hydrogens (tertiary/aromatic N) is 1. The molecule has 2 rings (SSSR count). The smallest absolute Gasteiger partial charge is 0.123 e. The Labute approximate surface area is 100 Å². The van der Waals surface area contributed by atoms with Crippen molar-refractivity contribution < 1.29 is 4.39 Å². The highest BCUT2D eigenvalue weighted by Gasteiger charge is 2.17. The molecule has 0 aromatic heterocycles. The fourth-order valence-electron chi connectivity index (χ4n) is 1.99. The fraction of sp³-hybridized carbons (Fsp3) is 0.500. The number of thioether (sulfide) groups is 1. The van der Waals surface area contributed by atoms with E-state index >= 15 is 0 Å². The normalized spacial score (nSPS) is 22.2. The monoisotopic (exact) mass is 240 g/mol. The van der Waals surface area contributed by atoms with Gasteiger partial charge < -0.3 is 5.73 Å². The van der Waals surface area contributed by atoms with Gasteiger partial charge in [-0.1, -0.05) is 6.92 Å². The lowest BCUT2D eigenvalue weighted by Gasteiger charge is -2.30. The third kappa shape index (κ3) is 2.89. The lowest BCUT2D eigenvalue weighted by molar-refractivity contribution is 0.278. The van der Waals surface area contributed by atoms with E-state index in [4.69, 9.17) is 5.73 Å². The average molecular weight is 240 g/mol. The molecular weight excluding hydrogens is 223 g/mol. The van der Waals surface area contributed by atoms with Gasteiger partial charge in [-0.2, -0.15) is 11.8 Å². The Morgan fingerprint density at radius 1 is 1.56 bits per heavy atom. The zero-order valence-corrected chi connectivity index (χ0v) is 10.3. The van der Waals surface area contributed by atoms with Gasteiger partial charge in [0.2, 0.25) is 0 Å². The largest absolute Gasteiger partial charge is 0.398 e. The minimum Gasteiger partial charge on any atom is -0.398 e. The maximum Gasteiger partial charge on any atom is 0.123 e. The van der Waals surface area contributed by atoms with E-state index in [1.807, 2.05) is 11.8 Å². The molecule has 1 fully saturated rings. The van der Waals surface area contributed by atoms with Crippen molar-refractivity contribution >= 4 is 17.4 Å². The Morgan fingerprint density at radius 2 is 2.38 bits per heavy atom. The molecular formula is C12H17FN2S. The van der Waals surface area contributed by atoms with Gasteiger partial charge in [-0.25, -0.2) is 4.39 Å². The van der Waals surface area contributed by atoms with Crippen molar-refractivity contribution in [1.82, 2.24) is 4.90 Å². The van der Waals surface area contributed by atoms with E-state index in [2.05, 4.69) is 11.8 Å². The molecule has 16 heavy (non-hydrogen) atoms. The zero-order valence-electron chi connectivity index (χ0n) is 9.45. The van der Waals surface area contributed by atoms with Crippen LogP contribution in [0, 0.1) is 5.82 Å². The second-order valence-electron chi connectivity index (χ2n) is 4.26. The van der Waals surface area contributed by atoms with E-state index in [-0.39, 0.29) is 5.82 Å². The minimum atomic E-state index is -0.205. The Kier molecular flexibility index (Phi) is 3.71. The van der Waals surface area contributed by atoms with Gasteiger partial charge >= 0.3 is 0 Å². The molecule has 1 saturated heterocycles. The third-order valence-corrected chi connectivity index (χ3v) is 3.96. The van der Waals surface area contributed by atoms with Crippen molar-refractivity contribution in [3.8, 4) is 0 Å². The molecule has 1 atom stereocenters. The Balaban J connectivity index is 2.05. The Bertz CT molecular complexity index is 370. The first-order valence-corrected chi connectivity index (χ1v) is 6.58. The van der Waals surface area contributed by atoms with Crippen molar-refractivity contribution in [2.75, 3.05) is 24.6 Å². The summed E-state index contributed by atoms with van der Waals surface area (Å²) in [5.41, 5.74) is 7.43. The molecule has 0 aliphatic carbocycles. The van der Waals surface area contributed by atoms with Gasteiger partial charge in [0, 0.05) is 36.3 Å². The summed E-state index contributed by atoms with van der Waals surface area (Å²) in [5.74, 6) is 0.944. The molecule has 1 aliphatic rings. The molecule has 0 spiro atoms. The van der Waals surface area contributed by atoms with Gasteiger partial charge in [0.25, 0.3) is 0 Å². The molecule has 0 bridgehead atoms. The molecule has 1 aromatic carbocycles. The predicted octanol–water partition coefficient (Wildman–Crippen LogP) is 2.35. The maximum atomic E-state index is 13.1. The van der Waals surface area contributed by atoms with Crippen LogP contribution in [-0.2, 0) is 6.54 Å². The Hall–Kier alpha value is -0.740. The fourth-order valence-corrected chi connectivity index (χ4v) is 3.07. The summed E-state index contributed by atoms with van der Waals surface area (Å²) in [7, 11) is 0. The quantitative estimate of drug-likeness (QED) is 0.805. The van der Waals surface area contributed by atoms with Gasteiger partial charge in [-0.05, 0) is 23.8 Å². The van der Waals surface area contributed by atoms with Crippen LogP contribution in [0.3, 0.4) is 0 Å². The molecule has 1 unspecified atom stereocenters. The topological polar surface area (TPSA) is 29.3 Å². The van der Waals surface area contributed by atoms with Gasteiger partial charge in [-0.15, -0.1) is 0 Å². The molecule has 2 N–H and O–H groups in total. The van der Waals surface area contributed by atoms with E-state index < -0.39 is 0 Å². The molecule has 1 heterocycles. The van der Waals surface area contributed by atoms with Gasteiger partial charge in [-0.3, -0.25) is 4.90 Å². The first-order valence-electron chi connectivity index (χ1n) is 5.53. The van der Waals surface area contributed by atoms with E-state index in [1.54, 1.807) is 12.1 Å². The zero-order chi connectivity index (χ0) is 11.5. The summed E-state index contributed by atoms with van der Waals surface area (Å²) in [6.45, 7) is 5.10. The van der Waals surface area contributed by atoms with E-state index in [0.717, 1.165) is 31.0 Å². The highest BCUT2D eigenvalue weighted by molar-refractivity contribution is 7.99. The number of hydrogen-bond donors (Lipinski definition) is 1. The van der Waals surface area contributed by atoms with Crippen LogP contribution in [0.4, 0.5) is 10.1 Å². The van der Waals surface area contributed by atoms with Crippen LogP contribution in [0.15, 0.2) is 18.2 Å². The first kappa shape index (κ1) is 11.7. The molecule has 0 amide bonds. The van der Waals surface area contributed by atoms with Crippen LogP contribution in [0.25, 0.3) is 0 Å². The summed E-state index contributed by atoms with van der Waals surface area (Å²) < 4.78 is 13.1. The summed E-state index contributed by atoms with van der Waals surface area (Å²) in [6.07, 6.45) is 0. The molecule has 4 heteroatoms. The standard InChI is InChI=1S/C12H17FN2S/c1-9-7-15(4-5-16-9)8-10-6-11(13)2-3-12(10)14/h2-3,6,9H,4-5,7-8,14H2,1H3. The summed E-state index contributed by atoms with van der Waals surface area (Å²) in [4.78, 5) is 2.34. The first-order chi connectivity index (χ1) is 7.65. The van der Waals surface area contributed by atoms with Gasteiger partial charge in [0.05, 0.1) is 0 Å². The summed E-state index contributed by atoms with van der Waals surface area (Å²) in [6, 6.07) is 4.60. The van der Waals surface area contributed by atoms with Crippen LogP contribution >= 0.6 is 11.8 Å². The van der Waals surface area contributed by atoms with Crippen LogP contribution in [0.2, 0.25) is 0 Å².